The molecule has 1 aromatic carbocycles. The lowest BCUT2D eigenvalue weighted by Gasteiger charge is -2.20. The zero-order chi connectivity index (χ0) is 17.2. The average Bonchev–Trinajstić information content (AvgIpc) is 2.50. The number of rotatable bonds is 6. The number of hydrogen-bond acceptors (Lipinski definition) is 4. The number of aromatic nitrogens is 1. The van der Waals surface area contributed by atoms with Crippen LogP contribution < -0.4 is 5.56 Å². The molecule has 0 aliphatic rings. The second-order valence-corrected chi connectivity index (χ2v) is 6.86. The van der Waals surface area contributed by atoms with Gasteiger partial charge in [0.05, 0.1) is 0 Å². The van der Waals surface area contributed by atoms with E-state index in [4.69, 9.17) is 5.11 Å². The van der Waals surface area contributed by atoms with Crippen molar-refractivity contribution in [1.82, 2.24) is 8.87 Å². The molecule has 8 heteroatoms. The monoisotopic (exact) mass is 338 g/mol. The summed E-state index contributed by atoms with van der Waals surface area (Å²) in [6, 6.07) is 6.31. The van der Waals surface area contributed by atoms with Crippen LogP contribution in [-0.2, 0) is 21.4 Å². The van der Waals surface area contributed by atoms with Gasteiger partial charge in [0, 0.05) is 30.1 Å². The molecule has 0 unspecified atom stereocenters. The van der Waals surface area contributed by atoms with Crippen molar-refractivity contribution in [2.75, 3.05) is 13.1 Å². The molecule has 124 valence electrons. The van der Waals surface area contributed by atoms with Gasteiger partial charge in [-0.15, -0.1) is 0 Å². The quantitative estimate of drug-likeness (QED) is 0.851. The highest BCUT2D eigenvalue weighted by atomic mass is 32.2. The van der Waals surface area contributed by atoms with Crippen molar-refractivity contribution in [3.8, 4) is 0 Å². The molecule has 1 heterocycles. The lowest BCUT2D eigenvalue weighted by Crippen LogP contribution is -2.33. The summed E-state index contributed by atoms with van der Waals surface area (Å²) < 4.78 is 27.8. The Balaban J connectivity index is 2.85. The van der Waals surface area contributed by atoms with Crippen LogP contribution in [0.4, 0.5) is 0 Å². The third-order valence-electron chi connectivity index (χ3n) is 3.59. The predicted octanol–water partition coefficient (Wildman–Crippen LogP) is 1.12. The summed E-state index contributed by atoms with van der Waals surface area (Å²) in [5, 5.41) is 9.42. The van der Waals surface area contributed by atoms with Crippen LogP contribution in [0.2, 0.25) is 0 Å². The second-order valence-electron chi connectivity index (χ2n) is 4.96. The first kappa shape index (κ1) is 17.2. The number of hydrogen-bond donors (Lipinski definition) is 1. The fraction of sp³-hybridized carbons (Fsp3) is 0.333. The molecule has 0 aliphatic carbocycles. The lowest BCUT2D eigenvalue weighted by atomic mass is 10.2. The molecular weight excluding hydrogens is 320 g/mol. The summed E-state index contributed by atoms with van der Waals surface area (Å²) in [7, 11) is -3.82. The molecule has 0 saturated carbocycles. The van der Waals surface area contributed by atoms with E-state index in [2.05, 4.69) is 0 Å². The number of pyridine rings is 1. The van der Waals surface area contributed by atoms with Crippen molar-refractivity contribution in [2.24, 2.45) is 0 Å². The van der Waals surface area contributed by atoms with Gasteiger partial charge in [0.1, 0.15) is 11.4 Å². The number of sulfonamides is 1. The Morgan fingerprint density at radius 1 is 1.17 bits per heavy atom. The lowest BCUT2D eigenvalue weighted by molar-refractivity contribution is -0.137. The number of aliphatic carboxylic acids is 1. The molecule has 1 N–H and O–H groups in total. The summed E-state index contributed by atoms with van der Waals surface area (Å²) in [5.41, 5.74) is -0.526. The van der Waals surface area contributed by atoms with E-state index < -0.39 is 28.1 Å². The molecule has 0 radical (unpaired) electrons. The van der Waals surface area contributed by atoms with Crippen LogP contribution in [0.3, 0.4) is 0 Å². The Hall–Kier alpha value is -2.19. The van der Waals surface area contributed by atoms with E-state index in [1.54, 1.807) is 32.0 Å². The third kappa shape index (κ3) is 3.13. The summed E-state index contributed by atoms with van der Waals surface area (Å²) in [6.45, 7) is 3.41. The molecule has 1 aromatic heterocycles. The highest BCUT2D eigenvalue weighted by Gasteiger charge is 2.26. The highest BCUT2D eigenvalue weighted by molar-refractivity contribution is 7.89. The minimum atomic E-state index is -3.82. The summed E-state index contributed by atoms with van der Waals surface area (Å²) in [6.07, 6.45) is 1.12. The zero-order valence-corrected chi connectivity index (χ0v) is 13.7. The Labute approximate surface area is 133 Å². The first-order valence-corrected chi connectivity index (χ1v) is 8.61. The Morgan fingerprint density at radius 3 is 2.26 bits per heavy atom. The van der Waals surface area contributed by atoms with E-state index >= 15 is 0 Å². The molecular formula is C15H18N2O5S. The zero-order valence-electron chi connectivity index (χ0n) is 12.9. The normalized spacial score (nSPS) is 12.0. The van der Waals surface area contributed by atoms with Crippen LogP contribution >= 0.6 is 0 Å². The standard InChI is InChI=1S/C15H18N2O5S/c1-3-17(4-2)23(21,22)13-9-16(10-14(18)19)15(20)12-8-6-5-7-11(12)13/h5-9H,3-4,10H2,1-2H3,(H,18,19). The molecule has 0 aliphatic heterocycles. The molecule has 0 amide bonds. The fourth-order valence-electron chi connectivity index (χ4n) is 2.48. The minimum absolute atomic E-state index is 0.0577. The van der Waals surface area contributed by atoms with Crippen LogP contribution in [-0.4, -0.2) is 41.5 Å². The Bertz CT molecular complexity index is 898. The molecule has 0 spiro atoms. The molecule has 0 bridgehead atoms. The van der Waals surface area contributed by atoms with Crippen molar-refractivity contribution in [3.05, 3.63) is 40.8 Å². The molecule has 23 heavy (non-hydrogen) atoms. The van der Waals surface area contributed by atoms with Gasteiger partial charge in [-0.1, -0.05) is 32.0 Å². The SMILES string of the molecule is CCN(CC)S(=O)(=O)c1cn(CC(=O)O)c(=O)c2ccccc12. The summed E-state index contributed by atoms with van der Waals surface area (Å²) >= 11 is 0. The van der Waals surface area contributed by atoms with Crippen LogP contribution in [0.15, 0.2) is 40.2 Å². The summed E-state index contributed by atoms with van der Waals surface area (Å²) in [5.74, 6) is -1.21. The number of carboxylic acid groups (broad SMARTS) is 1. The van der Waals surface area contributed by atoms with Crippen molar-refractivity contribution in [2.45, 2.75) is 25.3 Å². The van der Waals surface area contributed by atoms with Gasteiger partial charge < -0.3 is 9.67 Å². The van der Waals surface area contributed by atoms with Crippen molar-refractivity contribution < 1.29 is 18.3 Å². The van der Waals surface area contributed by atoms with Crippen molar-refractivity contribution in [3.63, 3.8) is 0 Å². The van der Waals surface area contributed by atoms with Gasteiger partial charge in [-0.25, -0.2) is 8.42 Å². The Kier molecular flexibility index (Phi) is 4.86. The van der Waals surface area contributed by atoms with E-state index in [1.807, 2.05) is 0 Å². The van der Waals surface area contributed by atoms with Gasteiger partial charge in [0.15, 0.2) is 0 Å². The van der Waals surface area contributed by atoms with Crippen LogP contribution in [0.25, 0.3) is 10.8 Å². The average molecular weight is 338 g/mol. The summed E-state index contributed by atoms with van der Waals surface area (Å²) in [4.78, 5) is 23.2. The van der Waals surface area contributed by atoms with Gasteiger partial charge in [0.2, 0.25) is 10.0 Å². The van der Waals surface area contributed by atoms with Crippen LogP contribution in [0, 0.1) is 0 Å². The molecule has 7 nitrogen and oxygen atoms in total. The van der Waals surface area contributed by atoms with Crippen LogP contribution in [0.1, 0.15) is 13.8 Å². The minimum Gasteiger partial charge on any atom is -0.480 e. The molecule has 0 saturated heterocycles. The van der Waals surface area contributed by atoms with E-state index in [-0.39, 0.29) is 23.4 Å². The maximum atomic E-state index is 12.8. The first-order chi connectivity index (χ1) is 10.8. The van der Waals surface area contributed by atoms with Gasteiger partial charge in [-0.05, 0) is 6.07 Å². The first-order valence-electron chi connectivity index (χ1n) is 7.17. The highest BCUT2D eigenvalue weighted by Crippen LogP contribution is 2.23. The van der Waals surface area contributed by atoms with E-state index in [0.717, 1.165) is 10.8 Å². The third-order valence-corrected chi connectivity index (χ3v) is 5.66. The molecule has 2 rings (SSSR count). The topological polar surface area (TPSA) is 96.7 Å². The number of nitrogens with zero attached hydrogens (tertiary/aromatic N) is 2. The molecule has 0 atom stereocenters. The Morgan fingerprint density at radius 2 is 1.74 bits per heavy atom. The number of fused-ring (bicyclic) bond motifs is 1. The van der Waals surface area contributed by atoms with Crippen molar-refractivity contribution >= 4 is 26.8 Å². The van der Waals surface area contributed by atoms with E-state index in [1.165, 1.54) is 10.4 Å². The van der Waals surface area contributed by atoms with Gasteiger partial charge in [-0.2, -0.15) is 4.31 Å². The number of benzene rings is 1. The maximum Gasteiger partial charge on any atom is 0.323 e. The maximum absolute atomic E-state index is 12.8. The molecule has 0 fully saturated rings. The number of carboxylic acids is 1. The number of carbonyl (C=O) groups is 1. The molecule has 2 aromatic rings. The second kappa shape index (κ2) is 6.51. The predicted molar refractivity (Wildman–Crippen MR) is 86.0 cm³/mol. The van der Waals surface area contributed by atoms with Crippen LogP contribution in [0.5, 0.6) is 0 Å². The van der Waals surface area contributed by atoms with Crippen molar-refractivity contribution in [1.29, 1.82) is 0 Å². The van der Waals surface area contributed by atoms with Gasteiger partial charge in [-0.3, -0.25) is 9.59 Å². The van der Waals surface area contributed by atoms with Gasteiger partial charge in [0.25, 0.3) is 5.56 Å². The smallest absolute Gasteiger partial charge is 0.323 e. The largest absolute Gasteiger partial charge is 0.480 e. The fourth-order valence-corrected chi connectivity index (χ4v) is 4.15. The van der Waals surface area contributed by atoms with E-state index in [0.29, 0.717) is 5.39 Å². The van der Waals surface area contributed by atoms with Gasteiger partial charge >= 0.3 is 5.97 Å². The van der Waals surface area contributed by atoms with E-state index in [9.17, 15) is 18.0 Å².